The zero-order valence-corrected chi connectivity index (χ0v) is 10.2. The molecule has 1 rings (SSSR count). The Morgan fingerprint density at radius 3 is 3.07 bits per heavy atom. The molecule has 0 aromatic carbocycles. The molecule has 1 heterocycles. The maximum Gasteiger partial charge on any atom is 0.230 e. The fourth-order valence-electron chi connectivity index (χ4n) is 1.03. The average molecular weight is 245 g/mol. The van der Waals surface area contributed by atoms with Gasteiger partial charge >= 0.3 is 0 Å². The van der Waals surface area contributed by atoms with E-state index in [-0.39, 0.29) is 18.6 Å². The van der Waals surface area contributed by atoms with E-state index in [1.165, 1.54) is 11.8 Å². The Morgan fingerprint density at radius 1 is 1.73 bits per heavy atom. The number of rotatable bonds is 6. The van der Waals surface area contributed by atoms with E-state index in [1.807, 2.05) is 24.4 Å². The molecule has 0 aliphatic rings. The van der Waals surface area contributed by atoms with Crippen molar-refractivity contribution in [3.05, 3.63) is 17.5 Å². The number of nitrogens with one attached hydrogen (secondary N) is 1. The van der Waals surface area contributed by atoms with Crippen molar-refractivity contribution < 1.29 is 9.90 Å². The van der Waals surface area contributed by atoms with E-state index >= 15 is 0 Å². The van der Waals surface area contributed by atoms with Crippen LogP contribution in [0, 0.1) is 0 Å². The van der Waals surface area contributed by atoms with Gasteiger partial charge in [0, 0.05) is 0 Å². The minimum atomic E-state index is -0.110. The molecule has 1 aromatic heterocycles. The lowest BCUT2D eigenvalue weighted by Crippen LogP contribution is -2.37. The predicted molar refractivity (Wildman–Crippen MR) is 64.4 cm³/mol. The topological polar surface area (TPSA) is 49.3 Å². The molecule has 84 valence electrons. The molecule has 0 bridgehead atoms. The van der Waals surface area contributed by atoms with Gasteiger partial charge in [-0.05, 0) is 17.9 Å². The number of carbonyl (C=O) groups is 1. The monoisotopic (exact) mass is 245 g/mol. The second-order valence-corrected chi connectivity index (χ2v) is 5.30. The Kier molecular flexibility index (Phi) is 5.75. The van der Waals surface area contributed by atoms with Crippen LogP contribution in [0.2, 0.25) is 0 Å². The lowest BCUT2D eigenvalue weighted by molar-refractivity contribution is -0.119. The third kappa shape index (κ3) is 4.68. The highest BCUT2D eigenvalue weighted by Gasteiger charge is 2.09. The van der Waals surface area contributed by atoms with Crippen LogP contribution >= 0.6 is 23.1 Å². The maximum atomic E-state index is 11.4. The second kappa shape index (κ2) is 6.87. The average Bonchev–Trinajstić information content (AvgIpc) is 2.75. The van der Waals surface area contributed by atoms with Crippen molar-refractivity contribution >= 4 is 29.0 Å². The molecule has 15 heavy (non-hydrogen) atoms. The van der Waals surface area contributed by atoms with Gasteiger partial charge in [0.25, 0.3) is 0 Å². The summed E-state index contributed by atoms with van der Waals surface area (Å²) in [6.07, 6.45) is 0.756. The van der Waals surface area contributed by atoms with Crippen LogP contribution in [0.3, 0.4) is 0 Å². The standard InChI is InChI=1S/C10H15NO2S2/c1-2-8(6-12)11-9(13)7-15-10-4-3-5-14-10/h3-5,8,12H,2,6-7H2,1H3,(H,11,13). The van der Waals surface area contributed by atoms with Gasteiger partial charge in [-0.25, -0.2) is 0 Å². The van der Waals surface area contributed by atoms with Crippen molar-refractivity contribution in [2.24, 2.45) is 0 Å². The summed E-state index contributed by atoms with van der Waals surface area (Å²) in [5.74, 6) is 0.395. The molecule has 0 fully saturated rings. The zero-order valence-electron chi connectivity index (χ0n) is 8.60. The first-order chi connectivity index (χ1) is 7.26. The van der Waals surface area contributed by atoms with E-state index in [0.717, 1.165) is 10.6 Å². The van der Waals surface area contributed by atoms with E-state index in [9.17, 15) is 4.79 Å². The largest absolute Gasteiger partial charge is 0.394 e. The Bertz CT molecular complexity index is 284. The highest BCUT2D eigenvalue weighted by Crippen LogP contribution is 2.22. The van der Waals surface area contributed by atoms with Gasteiger partial charge in [-0.1, -0.05) is 13.0 Å². The van der Waals surface area contributed by atoms with Gasteiger partial charge in [0.2, 0.25) is 5.91 Å². The van der Waals surface area contributed by atoms with Crippen LogP contribution in [0.5, 0.6) is 0 Å². The summed E-state index contributed by atoms with van der Waals surface area (Å²) in [6.45, 7) is 1.94. The molecule has 0 spiro atoms. The van der Waals surface area contributed by atoms with Crippen LogP contribution in [0.1, 0.15) is 13.3 Å². The molecular formula is C10H15NO2S2. The first-order valence-electron chi connectivity index (χ1n) is 4.82. The Morgan fingerprint density at radius 2 is 2.53 bits per heavy atom. The highest BCUT2D eigenvalue weighted by atomic mass is 32.2. The molecule has 0 aliphatic carbocycles. The van der Waals surface area contributed by atoms with E-state index in [2.05, 4.69) is 5.32 Å². The number of amides is 1. The summed E-state index contributed by atoms with van der Waals surface area (Å²) < 4.78 is 1.14. The van der Waals surface area contributed by atoms with Crippen molar-refractivity contribution in [1.29, 1.82) is 0 Å². The minimum Gasteiger partial charge on any atom is -0.394 e. The number of hydrogen-bond donors (Lipinski definition) is 2. The van der Waals surface area contributed by atoms with Crippen molar-refractivity contribution in [1.82, 2.24) is 5.32 Å². The van der Waals surface area contributed by atoms with Gasteiger partial charge in [0.05, 0.1) is 22.6 Å². The summed E-state index contributed by atoms with van der Waals surface area (Å²) in [6, 6.07) is 3.85. The maximum absolute atomic E-state index is 11.4. The van der Waals surface area contributed by atoms with Crippen molar-refractivity contribution in [2.45, 2.75) is 23.6 Å². The van der Waals surface area contributed by atoms with E-state index in [4.69, 9.17) is 5.11 Å². The van der Waals surface area contributed by atoms with Gasteiger partial charge in [-0.15, -0.1) is 23.1 Å². The Hall–Kier alpha value is -0.520. The Labute approximate surface area is 97.9 Å². The third-order valence-electron chi connectivity index (χ3n) is 1.92. The van der Waals surface area contributed by atoms with Crippen LogP contribution in [0.4, 0.5) is 0 Å². The molecule has 2 N–H and O–H groups in total. The van der Waals surface area contributed by atoms with Gasteiger partial charge < -0.3 is 10.4 Å². The van der Waals surface area contributed by atoms with Crippen molar-refractivity contribution in [3.8, 4) is 0 Å². The van der Waals surface area contributed by atoms with Gasteiger partial charge in [-0.3, -0.25) is 4.79 Å². The van der Waals surface area contributed by atoms with Crippen LogP contribution in [0.25, 0.3) is 0 Å². The summed E-state index contributed by atoms with van der Waals surface area (Å²) in [4.78, 5) is 11.4. The molecule has 0 saturated carbocycles. The van der Waals surface area contributed by atoms with Crippen LogP contribution < -0.4 is 5.32 Å². The highest BCUT2D eigenvalue weighted by molar-refractivity contribution is 8.01. The summed E-state index contributed by atoms with van der Waals surface area (Å²) in [5, 5.41) is 13.7. The molecule has 3 nitrogen and oxygen atoms in total. The molecule has 1 atom stereocenters. The molecule has 1 aromatic rings. The third-order valence-corrected chi connectivity index (χ3v) is 4.05. The molecular weight excluding hydrogens is 230 g/mol. The quantitative estimate of drug-likeness (QED) is 0.750. The smallest absolute Gasteiger partial charge is 0.230 e. The number of thioether (sulfide) groups is 1. The van der Waals surface area contributed by atoms with E-state index < -0.39 is 0 Å². The molecule has 0 radical (unpaired) electrons. The van der Waals surface area contributed by atoms with Gasteiger partial charge in [0.1, 0.15) is 0 Å². The lowest BCUT2D eigenvalue weighted by Gasteiger charge is -2.13. The molecule has 0 saturated heterocycles. The first-order valence-corrected chi connectivity index (χ1v) is 6.69. The number of hydrogen-bond acceptors (Lipinski definition) is 4. The number of thiophene rings is 1. The lowest BCUT2D eigenvalue weighted by atomic mass is 10.2. The van der Waals surface area contributed by atoms with E-state index in [0.29, 0.717) is 5.75 Å². The molecule has 0 aliphatic heterocycles. The number of aliphatic hydroxyl groups is 1. The van der Waals surface area contributed by atoms with Gasteiger partial charge in [0.15, 0.2) is 0 Å². The number of carbonyl (C=O) groups excluding carboxylic acids is 1. The molecule has 1 unspecified atom stereocenters. The summed E-state index contributed by atoms with van der Waals surface area (Å²) >= 11 is 3.15. The predicted octanol–water partition coefficient (Wildman–Crippen LogP) is 1.73. The van der Waals surface area contributed by atoms with Crippen molar-refractivity contribution in [3.63, 3.8) is 0 Å². The summed E-state index contributed by atoms with van der Waals surface area (Å²) in [7, 11) is 0. The van der Waals surface area contributed by atoms with Crippen LogP contribution in [0.15, 0.2) is 21.7 Å². The van der Waals surface area contributed by atoms with Gasteiger partial charge in [-0.2, -0.15) is 0 Å². The first kappa shape index (κ1) is 12.5. The second-order valence-electron chi connectivity index (χ2n) is 3.08. The number of aliphatic hydroxyl groups excluding tert-OH is 1. The minimum absolute atomic E-state index is 0.00586. The van der Waals surface area contributed by atoms with E-state index in [1.54, 1.807) is 11.3 Å². The van der Waals surface area contributed by atoms with Crippen LogP contribution in [-0.4, -0.2) is 29.4 Å². The molecule has 5 heteroatoms. The fourth-order valence-corrected chi connectivity index (χ4v) is 2.62. The van der Waals surface area contributed by atoms with Crippen molar-refractivity contribution in [2.75, 3.05) is 12.4 Å². The normalized spacial score (nSPS) is 12.4. The SMILES string of the molecule is CCC(CO)NC(=O)CSc1cccs1. The Balaban J connectivity index is 2.24. The zero-order chi connectivity index (χ0) is 11.1. The molecule has 1 amide bonds. The fraction of sp³-hybridized carbons (Fsp3) is 0.500. The van der Waals surface area contributed by atoms with Crippen LogP contribution in [-0.2, 0) is 4.79 Å². The summed E-state index contributed by atoms with van der Waals surface area (Å²) in [5.41, 5.74) is 0.